The summed E-state index contributed by atoms with van der Waals surface area (Å²) in [7, 11) is 0. The Morgan fingerprint density at radius 2 is 2.09 bits per heavy atom. The normalized spacial score (nSPS) is 12.7. The number of carbonyl (C=O) groups is 2. The molecule has 3 heterocycles. The number of hydrogen-bond donors (Lipinski definition) is 1. The molecule has 172 valence electrons. The van der Waals surface area contributed by atoms with Crippen molar-refractivity contribution in [3.8, 4) is 6.07 Å². The molecule has 0 fully saturated rings. The fourth-order valence-electron chi connectivity index (χ4n) is 3.73. The number of nitriles is 1. The van der Waals surface area contributed by atoms with Crippen LogP contribution in [0.5, 0.6) is 0 Å². The summed E-state index contributed by atoms with van der Waals surface area (Å²) in [6.45, 7) is 1.17. The van der Waals surface area contributed by atoms with Gasteiger partial charge in [0.25, 0.3) is 0 Å². The highest BCUT2D eigenvalue weighted by atomic mass is 32.1. The molecule has 0 radical (unpaired) electrons. The third kappa shape index (κ3) is 5.88. The molecular formula is C26H24N4O3S. The lowest BCUT2D eigenvalue weighted by atomic mass is 10.0. The third-order valence-corrected chi connectivity index (χ3v) is 6.58. The molecule has 0 atom stereocenters. The zero-order valence-electron chi connectivity index (χ0n) is 18.6. The van der Waals surface area contributed by atoms with Crippen LogP contribution in [0, 0.1) is 11.3 Å². The first-order chi connectivity index (χ1) is 16.6. The number of thiophene rings is 1. The van der Waals surface area contributed by atoms with E-state index in [0.717, 1.165) is 34.4 Å². The minimum Gasteiger partial charge on any atom is -0.449 e. The molecule has 1 N–H and O–H groups in total. The van der Waals surface area contributed by atoms with Crippen LogP contribution in [0.15, 0.2) is 60.9 Å². The number of ether oxygens (including phenoxy) is 1. The molecule has 1 aromatic carbocycles. The number of amides is 2. The van der Waals surface area contributed by atoms with Crippen LogP contribution < -0.4 is 5.32 Å². The maximum Gasteiger partial charge on any atom is 0.410 e. The van der Waals surface area contributed by atoms with Crippen molar-refractivity contribution in [2.45, 2.75) is 25.8 Å². The minimum atomic E-state index is -0.361. The summed E-state index contributed by atoms with van der Waals surface area (Å²) in [5.74, 6) is -0.302. The van der Waals surface area contributed by atoms with Crippen LogP contribution in [-0.2, 0) is 28.9 Å². The van der Waals surface area contributed by atoms with Gasteiger partial charge in [0, 0.05) is 29.9 Å². The number of nitrogens with one attached hydrogen (secondary N) is 1. The monoisotopic (exact) mass is 472 g/mol. The highest BCUT2D eigenvalue weighted by molar-refractivity contribution is 7.16. The Balaban J connectivity index is 1.32. The summed E-state index contributed by atoms with van der Waals surface area (Å²) < 4.78 is 5.45. The van der Waals surface area contributed by atoms with Gasteiger partial charge in [0.15, 0.2) is 0 Å². The second-order valence-corrected chi connectivity index (χ2v) is 8.91. The van der Waals surface area contributed by atoms with Crippen molar-refractivity contribution >= 4 is 34.4 Å². The molecule has 1 aliphatic rings. The molecule has 0 bridgehead atoms. The standard InChI is InChI=1S/C26H24N4O3S/c27-16-22-21-12-14-30(26(32)33-15-5-9-20-8-4-13-28-17-20)18-23(21)34-25(22)29-24(31)11-10-19-6-2-1-3-7-19/h1-4,6-8,10-11,13,17H,5,9,12,14-15,18H2,(H,29,31). The maximum absolute atomic E-state index is 12.5. The van der Waals surface area contributed by atoms with Gasteiger partial charge < -0.3 is 15.0 Å². The summed E-state index contributed by atoms with van der Waals surface area (Å²) in [5.41, 5.74) is 3.40. The van der Waals surface area contributed by atoms with E-state index in [9.17, 15) is 14.9 Å². The van der Waals surface area contributed by atoms with Gasteiger partial charge in [-0.05, 0) is 48.1 Å². The Hall–Kier alpha value is -3.96. The van der Waals surface area contributed by atoms with Crippen molar-refractivity contribution in [3.05, 3.63) is 88.1 Å². The second-order valence-electron chi connectivity index (χ2n) is 7.80. The Morgan fingerprint density at radius 3 is 2.85 bits per heavy atom. The first-order valence-corrected chi connectivity index (χ1v) is 11.8. The average Bonchev–Trinajstić information content (AvgIpc) is 3.22. The first-order valence-electron chi connectivity index (χ1n) is 11.0. The molecule has 0 aliphatic carbocycles. The van der Waals surface area contributed by atoms with Crippen LogP contribution in [0.25, 0.3) is 6.08 Å². The predicted octanol–water partition coefficient (Wildman–Crippen LogP) is 4.79. The Kier molecular flexibility index (Phi) is 7.68. The van der Waals surface area contributed by atoms with Gasteiger partial charge in [0.2, 0.25) is 5.91 Å². The number of carbonyl (C=O) groups excluding carboxylic acids is 2. The highest BCUT2D eigenvalue weighted by Crippen LogP contribution is 2.36. The third-order valence-electron chi connectivity index (χ3n) is 5.45. The lowest BCUT2D eigenvalue weighted by Gasteiger charge is -2.26. The Morgan fingerprint density at radius 1 is 1.24 bits per heavy atom. The number of nitrogens with zero attached hydrogens (tertiary/aromatic N) is 3. The van der Waals surface area contributed by atoms with Crippen molar-refractivity contribution in [2.75, 3.05) is 18.5 Å². The zero-order valence-corrected chi connectivity index (χ0v) is 19.4. The van der Waals surface area contributed by atoms with E-state index in [2.05, 4.69) is 16.4 Å². The smallest absolute Gasteiger partial charge is 0.410 e. The molecular weight excluding hydrogens is 448 g/mol. The van der Waals surface area contributed by atoms with E-state index >= 15 is 0 Å². The first kappa shape index (κ1) is 23.2. The summed E-state index contributed by atoms with van der Waals surface area (Å²) in [6, 6.07) is 15.6. The molecule has 1 aliphatic heterocycles. The summed E-state index contributed by atoms with van der Waals surface area (Å²) in [5, 5.41) is 13.0. The molecule has 0 spiro atoms. The van der Waals surface area contributed by atoms with Crippen LogP contribution in [0.4, 0.5) is 9.80 Å². The second kappa shape index (κ2) is 11.3. The van der Waals surface area contributed by atoms with Gasteiger partial charge in [-0.15, -0.1) is 11.3 Å². The summed E-state index contributed by atoms with van der Waals surface area (Å²) in [6.07, 6.45) is 8.42. The number of aryl methyl sites for hydroxylation is 1. The van der Waals surface area contributed by atoms with Crippen molar-refractivity contribution in [3.63, 3.8) is 0 Å². The number of pyridine rings is 1. The highest BCUT2D eigenvalue weighted by Gasteiger charge is 2.28. The number of aromatic nitrogens is 1. The van der Waals surface area contributed by atoms with Crippen LogP contribution >= 0.6 is 11.3 Å². The Bertz CT molecular complexity index is 1220. The van der Waals surface area contributed by atoms with E-state index in [-0.39, 0.29) is 12.0 Å². The van der Waals surface area contributed by atoms with Gasteiger partial charge in [0.1, 0.15) is 11.1 Å². The summed E-state index contributed by atoms with van der Waals surface area (Å²) in [4.78, 5) is 31.6. The van der Waals surface area contributed by atoms with Gasteiger partial charge in [-0.3, -0.25) is 9.78 Å². The van der Waals surface area contributed by atoms with E-state index in [1.807, 2.05) is 48.7 Å². The van der Waals surface area contributed by atoms with E-state index < -0.39 is 0 Å². The molecule has 0 unspecified atom stereocenters. The molecule has 4 rings (SSSR count). The lowest BCUT2D eigenvalue weighted by molar-refractivity contribution is -0.111. The lowest BCUT2D eigenvalue weighted by Crippen LogP contribution is -2.36. The number of hydrogen-bond acceptors (Lipinski definition) is 6. The van der Waals surface area contributed by atoms with E-state index in [1.54, 1.807) is 17.2 Å². The molecule has 0 saturated carbocycles. The molecule has 8 heteroatoms. The zero-order chi connectivity index (χ0) is 23.8. The van der Waals surface area contributed by atoms with Crippen LogP contribution in [0.3, 0.4) is 0 Å². The number of rotatable bonds is 7. The SMILES string of the molecule is N#Cc1c(NC(=O)C=Cc2ccccc2)sc2c1CCN(C(=O)OCCCc1cccnc1)C2. The summed E-state index contributed by atoms with van der Waals surface area (Å²) >= 11 is 1.34. The molecule has 0 saturated heterocycles. The van der Waals surface area contributed by atoms with Crippen LogP contribution in [0.1, 0.15) is 33.6 Å². The number of benzene rings is 1. The largest absolute Gasteiger partial charge is 0.449 e. The predicted molar refractivity (Wildman–Crippen MR) is 131 cm³/mol. The Labute approximate surface area is 202 Å². The van der Waals surface area contributed by atoms with Crippen molar-refractivity contribution in [2.24, 2.45) is 0 Å². The van der Waals surface area contributed by atoms with Gasteiger partial charge in [-0.2, -0.15) is 5.26 Å². The molecule has 3 aromatic rings. The van der Waals surface area contributed by atoms with Gasteiger partial charge in [-0.25, -0.2) is 4.79 Å². The van der Waals surface area contributed by atoms with Gasteiger partial charge in [0.05, 0.1) is 18.7 Å². The van der Waals surface area contributed by atoms with Crippen molar-refractivity contribution < 1.29 is 14.3 Å². The van der Waals surface area contributed by atoms with Crippen molar-refractivity contribution in [1.29, 1.82) is 5.26 Å². The van der Waals surface area contributed by atoms with Crippen LogP contribution in [-0.4, -0.2) is 35.0 Å². The molecule has 34 heavy (non-hydrogen) atoms. The molecule has 2 amide bonds. The van der Waals surface area contributed by atoms with E-state index in [1.165, 1.54) is 17.4 Å². The fourth-order valence-corrected chi connectivity index (χ4v) is 4.95. The van der Waals surface area contributed by atoms with Crippen LogP contribution in [0.2, 0.25) is 0 Å². The maximum atomic E-state index is 12.5. The van der Waals surface area contributed by atoms with Gasteiger partial charge >= 0.3 is 6.09 Å². The fraction of sp³-hybridized carbons (Fsp3) is 0.231. The quantitative estimate of drug-likeness (QED) is 0.394. The van der Waals surface area contributed by atoms with E-state index in [4.69, 9.17) is 4.74 Å². The number of anilines is 1. The average molecular weight is 473 g/mol. The molecule has 7 nitrogen and oxygen atoms in total. The minimum absolute atomic E-state index is 0.302. The number of fused-ring (bicyclic) bond motifs is 1. The molecule has 2 aromatic heterocycles. The van der Waals surface area contributed by atoms with Crippen molar-refractivity contribution in [1.82, 2.24) is 9.88 Å². The topological polar surface area (TPSA) is 95.3 Å². The van der Waals surface area contributed by atoms with E-state index in [0.29, 0.717) is 36.7 Å². The van der Waals surface area contributed by atoms with Gasteiger partial charge in [-0.1, -0.05) is 36.4 Å².